The number of carbonyl (C=O) groups is 7. The summed E-state index contributed by atoms with van der Waals surface area (Å²) in [7, 11) is 0. The molecule has 0 aliphatic heterocycles. The van der Waals surface area contributed by atoms with Crippen molar-refractivity contribution in [3.8, 4) is 0 Å². The van der Waals surface area contributed by atoms with E-state index >= 15 is 0 Å². The molecule has 8 atom stereocenters. The molecule has 0 bridgehead atoms. The van der Waals surface area contributed by atoms with Gasteiger partial charge in [-0.3, -0.25) is 43.5 Å². The number of hydrogen-bond donors (Lipinski definition) is 11. The number of benzene rings is 1. The molecule has 1 aromatic carbocycles. The zero-order valence-corrected chi connectivity index (χ0v) is 47.3. The van der Waals surface area contributed by atoms with Crippen molar-refractivity contribution in [1.82, 2.24) is 21.3 Å². The molecule has 0 unspecified atom stereocenters. The maximum absolute atomic E-state index is 14.4. The molecule has 0 fully saturated rings. The van der Waals surface area contributed by atoms with Gasteiger partial charge in [-0.1, -0.05) is 148 Å². The summed E-state index contributed by atoms with van der Waals surface area (Å²) in [5, 5.41) is 41.7. The molecule has 20 heteroatoms. The third-order valence-corrected chi connectivity index (χ3v) is 13.8. The first kappa shape index (κ1) is 69.5. The monoisotopic (exact) mass is 1080 g/mol. The molecule has 0 aliphatic carbocycles. The fourth-order valence-electron chi connectivity index (χ4n) is 9.18. The van der Waals surface area contributed by atoms with Gasteiger partial charge >= 0.3 is 0 Å². The normalized spacial score (nSPS) is 14.4. The van der Waals surface area contributed by atoms with Gasteiger partial charge in [-0.25, -0.2) is 0 Å². The molecule has 4 amide bonds. The van der Waals surface area contributed by atoms with Crippen molar-refractivity contribution in [3.63, 3.8) is 0 Å². The molecule has 0 aliphatic rings. The van der Waals surface area contributed by atoms with Gasteiger partial charge in [0.1, 0.15) is 12.1 Å². The molecule has 0 saturated heterocycles. The van der Waals surface area contributed by atoms with Gasteiger partial charge in [0, 0.05) is 44.7 Å². The second-order valence-electron chi connectivity index (χ2n) is 21.3. The Labute approximate surface area is 459 Å². The van der Waals surface area contributed by atoms with Crippen LogP contribution in [-0.2, 0) is 40.0 Å². The third kappa shape index (κ3) is 32.1. The fraction of sp³-hybridized carbons (Fsp3) is 0.737. The number of carbonyl (C=O) groups excluding carboxylic acids is 7. The number of nitrogens with one attached hydrogen (secondary N) is 4. The molecule has 1 aromatic rings. The predicted octanol–water partition coefficient (Wildman–Crippen LogP) is 4.30. The largest absolute Gasteiger partial charge is 0.396 e. The van der Waals surface area contributed by atoms with E-state index in [1.807, 2.05) is 6.92 Å². The maximum Gasteiger partial charge on any atom is 0.245 e. The summed E-state index contributed by atoms with van der Waals surface area (Å²) in [4.78, 5) is 104. The van der Waals surface area contributed by atoms with Crippen LogP contribution in [0.4, 0.5) is 0 Å². The van der Waals surface area contributed by atoms with Crippen LogP contribution >= 0.6 is 0 Å². The van der Waals surface area contributed by atoms with Crippen molar-refractivity contribution < 1.29 is 48.9 Å². The molecule has 0 saturated carbocycles. The lowest BCUT2D eigenvalue weighted by Crippen LogP contribution is -2.57. The highest BCUT2D eigenvalue weighted by molar-refractivity contribution is 5.97. The smallest absolute Gasteiger partial charge is 0.245 e. The van der Waals surface area contributed by atoms with Crippen LogP contribution in [0, 0.1) is 23.7 Å². The zero-order chi connectivity index (χ0) is 57.5. The number of amides is 4. The predicted molar refractivity (Wildman–Crippen MR) is 303 cm³/mol. The van der Waals surface area contributed by atoms with Crippen LogP contribution in [0.2, 0.25) is 0 Å². The minimum absolute atomic E-state index is 0.00250. The maximum atomic E-state index is 14.4. The van der Waals surface area contributed by atoms with E-state index in [-0.39, 0.29) is 68.8 Å². The highest BCUT2D eigenvalue weighted by atomic mass is 16.3. The summed E-state index contributed by atoms with van der Waals surface area (Å²) in [6.07, 6.45) is 17.2. The summed E-state index contributed by atoms with van der Waals surface area (Å²) >= 11 is 0. The van der Waals surface area contributed by atoms with Crippen LogP contribution in [-0.4, -0.2) is 125 Å². The van der Waals surface area contributed by atoms with E-state index in [0.29, 0.717) is 31.4 Å². The number of Topliss-reactive ketones (excluding diaryl/α,β-unsaturated/α-hetero) is 3. The summed E-state index contributed by atoms with van der Waals surface area (Å²) < 4.78 is 0. The van der Waals surface area contributed by atoms with Crippen molar-refractivity contribution in [3.05, 3.63) is 35.9 Å². The van der Waals surface area contributed by atoms with Gasteiger partial charge in [0.25, 0.3) is 0 Å². The first-order valence-corrected chi connectivity index (χ1v) is 28.6. The van der Waals surface area contributed by atoms with Gasteiger partial charge in [0.15, 0.2) is 29.3 Å². The molecule has 1 rings (SSSR count). The van der Waals surface area contributed by atoms with Crippen molar-refractivity contribution in [2.24, 2.45) is 56.6 Å². The SMILES string of the molecule is CCCCCCCCCCCCCCCCCC(=O)N[C@H](C(=O)N[C@H](C(=O)C[C@@H](Cc1ccccc1)C(=O)N[C@@H](CCCN=C(N)N)C(=O)C[C@@H](CO)C(=O)N[C@@H](CO)C(=O)C[C@H](C)CCCN=C(N)N)C(C)C)[C@@H](C)O. The second-order valence-corrected chi connectivity index (χ2v) is 21.3. The Hall–Kier alpha value is -5.47. The van der Waals surface area contributed by atoms with E-state index in [0.717, 1.165) is 19.3 Å². The average molecular weight is 1090 g/mol. The van der Waals surface area contributed by atoms with Gasteiger partial charge < -0.3 is 59.5 Å². The van der Waals surface area contributed by atoms with Crippen LogP contribution in [0.25, 0.3) is 0 Å². The number of aliphatic hydroxyl groups is 3. The lowest BCUT2D eigenvalue weighted by atomic mass is 9.87. The molecule has 0 spiro atoms. The van der Waals surface area contributed by atoms with Gasteiger partial charge in [-0.2, -0.15) is 0 Å². The van der Waals surface area contributed by atoms with Crippen molar-refractivity contribution in [2.75, 3.05) is 26.3 Å². The Bertz CT molecular complexity index is 1930. The number of unbranched alkanes of at least 4 members (excludes halogenated alkanes) is 14. The molecule has 438 valence electrons. The van der Waals surface area contributed by atoms with Gasteiger partial charge in [-0.15, -0.1) is 0 Å². The van der Waals surface area contributed by atoms with Crippen LogP contribution in [0.1, 0.15) is 188 Å². The highest BCUT2D eigenvalue weighted by Crippen LogP contribution is 2.20. The summed E-state index contributed by atoms with van der Waals surface area (Å²) in [6.45, 7) is 7.84. The van der Waals surface area contributed by atoms with E-state index < -0.39 is 103 Å². The molecule has 20 nitrogen and oxygen atoms in total. The molecule has 0 radical (unpaired) electrons. The van der Waals surface area contributed by atoms with Crippen LogP contribution in [0.5, 0.6) is 0 Å². The Balaban J connectivity index is 3.09. The number of ketones is 3. The van der Waals surface area contributed by atoms with E-state index in [9.17, 15) is 48.9 Å². The zero-order valence-electron chi connectivity index (χ0n) is 47.3. The van der Waals surface area contributed by atoms with E-state index in [1.165, 1.54) is 77.6 Å². The Morgan fingerprint density at radius 3 is 1.49 bits per heavy atom. The first-order valence-electron chi connectivity index (χ1n) is 28.6. The Kier molecular flexibility index (Phi) is 37.6. The lowest BCUT2D eigenvalue weighted by Gasteiger charge is -2.28. The summed E-state index contributed by atoms with van der Waals surface area (Å²) in [5.41, 5.74) is 22.5. The third-order valence-electron chi connectivity index (χ3n) is 13.8. The Morgan fingerprint density at radius 2 is 1.00 bits per heavy atom. The number of nitrogens with zero attached hydrogens (tertiary/aromatic N) is 2. The standard InChI is InChI=1S/C57H100N10O10/c1-6-7-8-9-10-11-12-13-14-15-16-17-18-19-23-30-50(74)66-52(41(5)70)55(77)67-51(39(2)3)49(73)35-43(34-42-27-21-20-22-28-42)53(75)64-45(29-25-32-63-57(60)61)48(72)36-44(37-68)54(76)65-46(38-69)47(71)33-40(4)26-24-31-62-56(58)59/h20-22,27-28,39-41,43-46,51-52,68-70H,6-19,23-26,29-38H2,1-5H3,(H,64,75)(H,65,76)(H,66,74)(H,67,77)(H4,58,59,62)(H4,60,61,63)/t40-,41-,43-,44+,45+,46+,51+,52+/m1/s1. The average Bonchev–Trinajstić information content (AvgIpc) is 3.38. The summed E-state index contributed by atoms with van der Waals surface area (Å²) in [6, 6.07) is 3.89. The fourth-order valence-corrected chi connectivity index (χ4v) is 9.18. The van der Waals surface area contributed by atoms with Gasteiger partial charge in [0.05, 0.1) is 37.3 Å². The van der Waals surface area contributed by atoms with E-state index in [2.05, 4.69) is 38.2 Å². The number of aliphatic hydroxyl groups excluding tert-OH is 3. The van der Waals surface area contributed by atoms with Gasteiger partial charge in [0.2, 0.25) is 23.6 Å². The number of nitrogens with two attached hydrogens (primary N) is 4. The Morgan fingerprint density at radius 1 is 0.519 bits per heavy atom. The quantitative estimate of drug-likeness (QED) is 0.0246. The molecular weight excluding hydrogens is 985 g/mol. The number of guanidine groups is 2. The number of hydrogen-bond acceptors (Lipinski definition) is 12. The van der Waals surface area contributed by atoms with E-state index in [1.54, 1.807) is 44.2 Å². The highest BCUT2D eigenvalue weighted by Gasteiger charge is 2.35. The molecular formula is C57H100N10O10. The lowest BCUT2D eigenvalue weighted by molar-refractivity contribution is -0.137. The van der Waals surface area contributed by atoms with Gasteiger partial charge in [-0.05, 0) is 62.8 Å². The number of rotatable bonds is 46. The number of aliphatic imine (C=N–C) groups is 2. The minimum atomic E-state index is -1.36. The topological polar surface area (TPSA) is 357 Å². The van der Waals surface area contributed by atoms with E-state index in [4.69, 9.17) is 22.9 Å². The first-order chi connectivity index (χ1) is 36.7. The van der Waals surface area contributed by atoms with Crippen LogP contribution < -0.4 is 44.2 Å². The van der Waals surface area contributed by atoms with Crippen LogP contribution in [0.15, 0.2) is 40.3 Å². The minimum Gasteiger partial charge on any atom is -0.396 e. The molecule has 15 N–H and O–H groups in total. The van der Waals surface area contributed by atoms with Crippen molar-refractivity contribution in [2.45, 2.75) is 219 Å². The summed E-state index contributed by atoms with van der Waals surface area (Å²) in [5.74, 6) is -7.52. The van der Waals surface area contributed by atoms with Crippen LogP contribution in [0.3, 0.4) is 0 Å². The molecule has 0 aromatic heterocycles. The van der Waals surface area contributed by atoms with Crippen molar-refractivity contribution in [1.29, 1.82) is 0 Å². The second kappa shape index (κ2) is 41.6. The molecule has 77 heavy (non-hydrogen) atoms. The van der Waals surface area contributed by atoms with Crippen molar-refractivity contribution >= 4 is 52.9 Å². The molecule has 0 heterocycles.